The number of carbonyl (C=O) groups is 2. The van der Waals surface area contributed by atoms with Gasteiger partial charge in [-0.2, -0.15) is 0 Å². The van der Waals surface area contributed by atoms with Crippen molar-refractivity contribution in [2.45, 2.75) is 26.2 Å². The van der Waals surface area contributed by atoms with Crippen molar-refractivity contribution in [3.05, 3.63) is 83.6 Å². The molecule has 5 nitrogen and oxygen atoms in total. The first-order chi connectivity index (χ1) is 14.6. The Bertz CT molecular complexity index is 1060. The van der Waals surface area contributed by atoms with Crippen molar-refractivity contribution >= 4 is 17.5 Å². The summed E-state index contributed by atoms with van der Waals surface area (Å²) >= 11 is 0. The lowest BCUT2D eigenvalue weighted by molar-refractivity contribution is 0.0725. The van der Waals surface area contributed by atoms with E-state index < -0.39 is 0 Å². The fourth-order valence-electron chi connectivity index (χ4n) is 3.81. The maximum atomic E-state index is 13.0. The molecular formula is C25H25N3O2. The van der Waals surface area contributed by atoms with Gasteiger partial charge in [0.1, 0.15) is 0 Å². The van der Waals surface area contributed by atoms with Crippen LogP contribution in [-0.2, 0) is 0 Å². The van der Waals surface area contributed by atoms with E-state index in [2.05, 4.69) is 10.3 Å². The summed E-state index contributed by atoms with van der Waals surface area (Å²) in [6.45, 7) is 3.36. The highest BCUT2D eigenvalue weighted by atomic mass is 16.2. The second kappa shape index (κ2) is 8.91. The minimum Gasteiger partial charge on any atom is -0.339 e. The van der Waals surface area contributed by atoms with E-state index >= 15 is 0 Å². The van der Waals surface area contributed by atoms with Crippen molar-refractivity contribution < 1.29 is 9.59 Å². The largest absolute Gasteiger partial charge is 0.339 e. The van der Waals surface area contributed by atoms with Gasteiger partial charge in [-0.15, -0.1) is 0 Å². The fraction of sp³-hybridized carbons (Fsp3) is 0.240. The zero-order valence-electron chi connectivity index (χ0n) is 17.1. The minimum absolute atomic E-state index is 0.0279. The van der Waals surface area contributed by atoms with Crippen LogP contribution in [0, 0.1) is 6.92 Å². The summed E-state index contributed by atoms with van der Waals surface area (Å²) in [5, 5.41) is 2.92. The number of rotatable bonds is 4. The first-order valence-corrected chi connectivity index (χ1v) is 10.4. The third-order valence-corrected chi connectivity index (χ3v) is 5.45. The molecule has 0 aliphatic carbocycles. The molecule has 1 aliphatic heterocycles. The lowest BCUT2D eigenvalue weighted by Gasteiger charge is -2.27. The monoisotopic (exact) mass is 399 g/mol. The number of nitrogens with zero attached hydrogens (tertiary/aromatic N) is 2. The van der Waals surface area contributed by atoms with Crippen LogP contribution in [0.5, 0.6) is 0 Å². The predicted octanol–water partition coefficient (Wildman–Crippen LogP) is 4.94. The number of para-hydroxylation sites is 1. The van der Waals surface area contributed by atoms with Crippen LogP contribution in [-0.4, -0.2) is 34.8 Å². The highest BCUT2D eigenvalue weighted by molar-refractivity contribution is 6.09. The fourth-order valence-corrected chi connectivity index (χ4v) is 3.81. The van der Waals surface area contributed by atoms with Crippen LogP contribution in [0.25, 0.3) is 11.3 Å². The van der Waals surface area contributed by atoms with Crippen LogP contribution in [0.2, 0.25) is 0 Å². The molecule has 1 aliphatic rings. The van der Waals surface area contributed by atoms with E-state index in [0.717, 1.165) is 43.6 Å². The molecule has 3 aromatic rings. The van der Waals surface area contributed by atoms with Crippen LogP contribution in [0.4, 0.5) is 5.69 Å². The third kappa shape index (κ3) is 4.25. The van der Waals surface area contributed by atoms with Crippen molar-refractivity contribution in [1.82, 2.24) is 9.88 Å². The Balaban J connectivity index is 1.55. The lowest BCUT2D eigenvalue weighted by Crippen LogP contribution is -2.36. The molecule has 0 saturated carbocycles. The zero-order chi connectivity index (χ0) is 20.9. The van der Waals surface area contributed by atoms with E-state index in [-0.39, 0.29) is 11.8 Å². The predicted molar refractivity (Wildman–Crippen MR) is 119 cm³/mol. The van der Waals surface area contributed by atoms with Gasteiger partial charge in [0, 0.05) is 18.7 Å². The minimum atomic E-state index is -0.265. The second-order valence-corrected chi connectivity index (χ2v) is 7.55. The third-order valence-electron chi connectivity index (χ3n) is 5.45. The van der Waals surface area contributed by atoms with Crippen LogP contribution >= 0.6 is 0 Å². The molecule has 152 valence electrons. The van der Waals surface area contributed by atoms with Gasteiger partial charge in [0.2, 0.25) is 0 Å². The Morgan fingerprint density at radius 2 is 1.53 bits per heavy atom. The standard InChI is InChI=1S/C25H25N3O2/c1-18-20(14-15-22(26-18)19-10-4-2-5-11-19)24(29)27-23-13-7-6-12-21(23)25(30)28-16-8-3-9-17-28/h2,4-7,10-15H,3,8-9,16-17H2,1H3,(H,27,29). The molecule has 2 heterocycles. The molecule has 5 heteroatoms. The summed E-state index contributed by atoms with van der Waals surface area (Å²) in [7, 11) is 0. The average Bonchev–Trinajstić information content (AvgIpc) is 2.80. The van der Waals surface area contributed by atoms with Crippen LogP contribution in [0.3, 0.4) is 0 Å². The molecule has 30 heavy (non-hydrogen) atoms. The summed E-state index contributed by atoms with van der Waals surface area (Å²) in [6, 6.07) is 20.7. The lowest BCUT2D eigenvalue weighted by atomic mass is 10.1. The van der Waals surface area contributed by atoms with Gasteiger partial charge in [-0.3, -0.25) is 14.6 Å². The van der Waals surface area contributed by atoms with Crippen LogP contribution in [0.15, 0.2) is 66.7 Å². The second-order valence-electron chi connectivity index (χ2n) is 7.55. The number of aryl methyl sites for hydroxylation is 1. The molecule has 0 bridgehead atoms. The number of anilines is 1. The number of likely N-dealkylation sites (tertiary alicyclic amines) is 1. The molecule has 2 amide bonds. The summed E-state index contributed by atoms with van der Waals surface area (Å²) < 4.78 is 0. The molecule has 1 saturated heterocycles. The van der Waals surface area contributed by atoms with Gasteiger partial charge in [0.05, 0.1) is 28.2 Å². The SMILES string of the molecule is Cc1nc(-c2ccccc2)ccc1C(=O)Nc1ccccc1C(=O)N1CCCCC1. The van der Waals surface area contributed by atoms with Crippen LogP contribution in [0.1, 0.15) is 45.7 Å². The number of nitrogens with one attached hydrogen (secondary N) is 1. The molecule has 0 atom stereocenters. The molecular weight excluding hydrogens is 374 g/mol. The zero-order valence-corrected chi connectivity index (χ0v) is 17.1. The molecule has 0 unspecified atom stereocenters. The first kappa shape index (κ1) is 19.8. The molecule has 1 fully saturated rings. The molecule has 1 N–H and O–H groups in total. The number of amides is 2. The number of aromatic nitrogens is 1. The van der Waals surface area contributed by atoms with Crippen molar-refractivity contribution in [2.24, 2.45) is 0 Å². The maximum absolute atomic E-state index is 13.0. The Labute approximate surface area is 176 Å². The van der Waals surface area contributed by atoms with Crippen molar-refractivity contribution in [1.29, 1.82) is 0 Å². The highest BCUT2D eigenvalue weighted by Crippen LogP contribution is 2.22. The van der Waals surface area contributed by atoms with Gasteiger partial charge in [0.25, 0.3) is 11.8 Å². The number of carbonyl (C=O) groups excluding carboxylic acids is 2. The molecule has 4 rings (SSSR count). The van der Waals surface area contributed by atoms with Gasteiger partial charge >= 0.3 is 0 Å². The Morgan fingerprint density at radius 1 is 0.833 bits per heavy atom. The number of hydrogen-bond acceptors (Lipinski definition) is 3. The van der Waals surface area contributed by atoms with Gasteiger partial charge in [0.15, 0.2) is 0 Å². The van der Waals surface area contributed by atoms with E-state index in [4.69, 9.17) is 0 Å². The maximum Gasteiger partial charge on any atom is 0.257 e. The summed E-state index contributed by atoms with van der Waals surface area (Å²) in [4.78, 5) is 32.4. The van der Waals surface area contributed by atoms with Crippen molar-refractivity contribution in [2.75, 3.05) is 18.4 Å². The molecule has 0 spiro atoms. The van der Waals surface area contributed by atoms with E-state index in [1.54, 1.807) is 18.2 Å². The molecule has 2 aromatic carbocycles. The summed E-state index contributed by atoms with van der Waals surface area (Å²) in [5.41, 5.74) is 4.03. The molecule has 1 aromatic heterocycles. The number of pyridine rings is 1. The van der Waals surface area contributed by atoms with Gasteiger partial charge in [-0.1, -0.05) is 42.5 Å². The number of piperidine rings is 1. The van der Waals surface area contributed by atoms with E-state index in [1.807, 2.05) is 60.4 Å². The highest BCUT2D eigenvalue weighted by Gasteiger charge is 2.22. The van der Waals surface area contributed by atoms with E-state index in [1.165, 1.54) is 0 Å². The number of benzene rings is 2. The average molecular weight is 399 g/mol. The Kier molecular flexibility index (Phi) is 5.89. The Hall–Kier alpha value is -3.47. The summed E-state index contributed by atoms with van der Waals surface area (Å²) in [6.07, 6.45) is 3.21. The topological polar surface area (TPSA) is 62.3 Å². The van der Waals surface area contributed by atoms with Crippen LogP contribution < -0.4 is 5.32 Å². The smallest absolute Gasteiger partial charge is 0.257 e. The van der Waals surface area contributed by atoms with Gasteiger partial charge < -0.3 is 10.2 Å². The first-order valence-electron chi connectivity index (χ1n) is 10.4. The number of hydrogen-bond donors (Lipinski definition) is 1. The van der Waals surface area contributed by atoms with Gasteiger partial charge in [-0.25, -0.2) is 0 Å². The van der Waals surface area contributed by atoms with Crippen molar-refractivity contribution in [3.63, 3.8) is 0 Å². The van der Waals surface area contributed by atoms with Crippen molar-refractivity contribution in [3.8, 4) is 11.3 Å². The van der Waals surface area contributed by atoms with Gasteiger partial charge in [-0.05, 0) is 50.5 Å². The Morgan fingerprint density at radius 3 is 2.27 bits per heavy atom. The van der Waals surface area contributed by atoms with E-state index in [0.29, 0.717) is 22.5 Å². The quantitative estimate of drug-likeness (QED) is 0.676. The van der Waals surface area contributed by atoms with E-state index in [9.17, 15) is 9.59 Å². The molecule has 0 radical (unpaired) electrons. The summed E-state index contributed by atoms with van der Waals surface area (Å²) in [5.74, 6) is -0.293. The normalized spacial score (nSPS) is 13.7.